The molecule has 0 bridgehead atoms. The monoisotopic (exact) mass is 261 g/mol. The van der Waals surface area contributed by atoms with Crippen LogP contribution in [-0.4, -0.2) is 44.7 Å². The van der Waals surface area contributed by atoms with Crippen molar-refractivity contribution in [3.8, 4) is 0 Å². The van der Waals surface area contributed by atoms with E-state index in [1.807, 2.05) is 0 Å². The quantitative estimate of drug-likeness (QED) is 0.881. The molecule has 1 aromatic rings. The molecule has 0 aliphatic carbocycles. The topological polar surface area (TPSA) is 32.5 Å². The summed E-state index contributed by atoms with van der Waals surface area (Å²) in [5, 5.41) is 0. The highest BCUT2D eigenvalue weighted by molar-refractivity contribution is 5.46. The average molecular weight is 261 g/mol. The first kappa shape index (κ1) is 14.4. The van der Waals surface area contributed by atoms with E-state index >= 15 is 0 Å². The van der Waals surface area contributed by atoms with Crippen LogP contribution in [0.3, 0.4) is 0 Å². The van der Waals surface area contributed by atoms with Gasteiger partial charge in [-0.2, -0.15) is 0 Å². The predicted octanol–water partition coefficient (Wildman–Crippen LogP) is 2.10. The van der Waals surface area contributed by atoms with E-state index in [-0.39, 0.29) is 0 Å². The number of likely N-dealkylation sites (tertiary alicyclic amines) is 1. The molecule has 2 N–H and O–H groups in total. The van der Waals surface area contributed by atoms with Gasteiger partial charge >= 0.3 is 0 Å². The summed E-state index contributed by atoms with van der Waals surface area (Å²) in [7, 11) is 2.21. The highest BCUT2D eigenvalue weighted by Gasteiger charge is 2.19. The number of benzene rings is 1. The third-order valence-electron chi connectivity index (χ3n) is 4.16. The summed E-state index contributed by atoms with van der Waals surface area (Å²) in [5.41, 5.74) is 8.27. The molecule has 0 spiro atoms. The molecule has 1 aliphatic heterocycles. The summed E-state index contributed by atoms with van der Waals surface area (Å²) in [6.07, 6.45) is 2.60. The minimum Gasteiger partial charge on any atom is -0.374 e. The van der Waals surface area contributed by atoms with E-state index in [9.17, 15) is 0 Å². The van der Waals surface area contributed by atoms with Crippen LogP contribution < -0.4 is 10.6 Å². The summed E-state index contributed by atoms with van der Waals surface area (Å²) in [6, 6.07) is 8.82. The van der Waals surface area contributed by atoms with Gasteiger partial charge in [-0.25, -0.2) is 0 Å². The van der Waals surface area contributed by atoms with Crippen molar-refractivity contribution in [2.45, 2.75) is 19.8 Å². The lowest BCUT2D eigenvalue weighted by Gasteiger charge is -2.34. The first-order valence-electron chi connectivity index (χ1n) is 7.39. The van der Waals surface area contributed by atoms with Crippen molar-refractivity contribution in [3.63, 3.8) is 0 Å². The van der Waals surface area contributed by atoms with Crippen molar-refractivity contribution in [2.75, 3.05) is 44.7 Å². The minimum atomic E-state index is 0.786. The van der Waals surface area contributed by atoms with Crippen LogP contribution in [0.1, 0.15) is 18.4 Å². The van der Waals surface area contributed by atoms with E-state index in [1.54, 1.807) is 0 Å². The van der Waals surface area contributed by atoms with Crippen molar-refractivity contribution >= 4 is 5.69 Å². The van der Waals surface area contributed by atoms with Gasteiger partial charge in [0.05, 0.1) is 0 Å². The van der Waals surface area contributed by atoms with Crippen LogP contribution in [0.25, 0.3) is 0 Å². The Bertz CT molecular complexity index is 366. The summed E-state index contributed by atoms with van der Waals surface area (Å²) in [5.74, 6) is 0.820. The Kier molecular flexibility index (Phi) is 5.23. The van der Waals surface area contributed by atoms with E-state index in [4.69, 9.17) is 5.73 Å². The minimum absolute atomic E-state index is 0.786. The lowest BCUT2D eigenvalue weighted by molar-refractivity contribution is 0.191. The molecule has 0 atom stereocenters. The lowest BCUT2D eigenvalue weighted by Crippen LogP contribution is -2.39. The summed E-state index contributed by atoms with van der Waals surface area (Å²) >= 11 is 0. The molecule has 0 amide bonds. The van der Waals surface area contributed by atoms with Crippen LogP contribution in [0.4, 0.5) is 5.69 Å². The zero-order valence-corrected chi connectivity index (χ0v) is 12.3. The van der Waals surface area contributed by atoms with Gasteiger partial charge in [-0.1, -0.05) is 17.7 Å². The van der Waals surface area contributed by atoms with Gasteiger partial charge in [0.15, 0.2) is 0 Å². The fourth-order valence-corrected chi connectivity index (χ4v) is 2.87. The molecule has 0 unspecified atom stereocenters. The fourth-order valence-electron chi connectivity index (χ4n) is 2.87. The first-order valence-corrected chi connectivity index (χ1v) is 7.39. The molecular weight excluding hydrogens is 234 g/mol. The molecule has 1 fully saturated rings. The molecular formula is C16H27N3. The third kappa shape index (κ3) is 4.22. The second kappa shape index (κ2) is 6.92. The molecule has 3 heteroatoms. The number of anilines is 1. The molecule has 0 saturated carbocycles. The van der Waals surface area contributed by atoms with Crippen molar-refractivity contribution in [2.24, 2.45) is 11.7 Å². The number of hydrogen-bond donors (Lipinski definition) is 1. The number of hydrogen-bond acceptors (Lipinski definition) is 3. The highest BCUT2D eigenvalue weighted by Crippen LogP contribution is 2.21. The summed E-state index contributed by atoms with van der Waals surface area (Å²) in [4.78, 5) is 4.88. The molecule has 0 aromatic heterocycles. The van der Waals surface area contributed by atoms with Crippen molar-refractivity contribution in [1.82, 2.24) is 4.90 Å². The van der Waals surface area contributed by atoms with E-state index in [1.165, 1.54) is 43.7 Å². The third-order valence-corrected chi connectivity index (χ3v) is 4.16. The SMILES string of the molecule is Cc1ccc(N(C)CC2CCN(CCN)CC2)cc1. The standard InChI is InChI=1S/C16H27N3/c1-14-3-5-16(6-4-14)18(2)13-15-7-10-19(11-8-15)12-9-17/h3-6,15H,7-13,17H2,1-2H3. The summed E-state index contributed by atoms with van der Waals surface area (Å²) in [6.45, 7) is 7.57. The number of piperidine rings is 1. The Morgan fingerprint density at radius 2 is 1.84 bits per heavy atom. The van der Waals surface area contributed by atoms with E-state index in [2.05, 4.69) is 48.0 Å². The van der Waals surface area contributed by atoms with Crippen molar-refractivity contribution in [3.05, 3.63) is 29.8 Å². The maximum Gasteiger partial charge on any atom is 0.0363 e. The zero-order valence-electron chi connectivity index (χ0n) is 12.3. The molecule has 0 radical (unpaired) electrons. The molecule has 2 rings (SSSR count). The maximum absolute atomic E-state index is 5.61. The van der Waals surface area contributed by atoms with Crippen molar-refractivity contribution in [1.29, 1.82) is 0 Å². The van der Waals surface area contributed by atoms with Gasteiger partial charge in [0, 0.05) is 32.4 Å². The Labute approximate surface area is 117 Å². The largest absolute Gasteiger partial charge is 0.374 e. The van der Waals surface area contributed by atoms with Crippen LogP contribution in [0.15, 0.2) is 24.3 Å². The molecule has 1 aliphatic rings. The van der Waals surface area contributed by atoms with Crippen LogP contribution >= 0.6 is 0 Å². The molecule has 19 heavy (non-hydrogen) atoms. The second-order valence-corrected chi connectivity index (χ2v) is 5.79. The molecule has 106 valence electrons. The van der Waals surface area contributed by atoms with Gasteiger partial charge in [0.25, 0.3) is 0 Å². The lowest BCUT2D eigenvalue weighted by atomic mass is 9.96. The number of nitrogens with zero attached hydrogens (tertiary/aromatic N) is 2. The number of aryl methyl sites for hydroxylation is 1. The second-order valence-electron chi connectivity index (χ2n) is 5.79. The van der Waals surface area contributed by atoms with E-state index in [0.717, 1.165) is 19.0 Å². The van der Waals surface area contributed by atoms with Crippen LogP contribution in [-0.2, 0) is 0 Å². The first-order chi connectivity index (χ1) is 9.19. The highest BCUT2D eigenvalue weighted by atomic mass is 15.1. The molecule has 1 aromatic carbocycles. The molecule has 3 nitrogen and oxygen atoms in total. The maximum atomic E-state index is 5.61. The Balaban J connectivity index is 1.80. The zero-order chi connectivity index (χ0) is 13.7. The van der Waals surface area contributed by atoms with Gasteiger partial charge in [-0.05, 0) is 50.9 Å². The fraction of sp³-hybridized carbons (Fsp3) is 0.625. The van der Waals surface area contributed by atoms with Crippen LogP contribution in [0.5, 0.6) is 0 Å². The number of nitrogens with two attached hydrogens (primary N) is 1. The molecule has 1 heterocycles. The summed E-state index contributed by atoms with van der Waals surface area (Å²) < 4.78 is 0. The number of rotatable bonds is 5. The normalized spacial score (nSPS) is 17.6. The predicted molar refractivity (Wildman–Crippen MR) is 82.7 cm³/mol. The van der Waals surface area contributed by atoms with E-state index in [0.29, 0.717) is 0 Å². The van der Waals surface area contributed by atoms with E-state index < -0.39 is 0 Å². The van der Waals surface area contributed by atoms with Gasteiger partial charge in [0.1, 0.15) is 0 Å². The van der Waals surface area contributed by atoms with Gasteiger partial charge < -0.3 is 15.5 Å². The van der Waals surface area contributed by atoms with Gasteiger partial charge in [-0.15, -0.1) is 0 Å². The van der Waals surface area contributed by atoms with Gasteiger partial charge in [0.2, 0.25) is 0 Å². The Hall–Kier alpha value is -1.06. The van der Waals surface area contributed by atoms with Crippen LogP contribution in [0, 0.1) is 12.8 Å². The van der Waals surface area contributed by atoms with Crippen LogP contribution in [0.2, 0.25) is 0 Å². The molecule has 1 saturated heterocycles. The van der Waals surface area contributed by atoms with Crippen molar-refractivity contribution < 1.29 is 0 Å². The Morgan fingerprint density at radius 3 is 2.42 bits per heavy atom. The van der Waals surface area contributed by atoms with Gasteiger partial charge in [-0.3, -0.25) is 0 Å². The smallest absolute Gasteiger partial charge is 0.0363 e. The Morgan fingerprint density at radius 1 is 1.21 bits per heavy atom. The average Bonchev–Trinajstić information content (AvgIpc) is 2.42.